The van der Waals surface area contributed by atoms with E-state index >= 15 is 0 Å². The van der Waals surface area contributed by atoms with Crippen LogP contribution in [0.2, 0.25) is 0 Å². The molecule has 0 aliphatic heterocycles. The molecular weight excluding hydrogens is 274 g/mol. The largest absolute Gasteiger partial charge is 1.00 e. The second kappa shape index (κ2) is 7.89. The Morgan fingerprint density at radius 1 is 1.28 bits per heavy atom. The summed E-state index contributed by atoms with van der Waals surface area (Å²) in [6, 6.07) is 2.24. The van der Waals surface area contributed by atoms with Gasteiger partial charge in [0.15, 0.2) is 11.6 Å². The van der Waals surface area contributed by atoms with Gasteiger partial charge in [0.2, 0.25) is 0 Å². The van der Waals surface area contributed by atoms with Gasteiger partial charge in [0.25, 0.3) is 0 Å². The van der Waals surface area contributed by atoms with E-state index in [1.807, 2.05) is 13.8 Å². The van der Waals surface area contributed by atoms with Crippen molar-refractivity contribution in [3.8, 4) is 5.75 Å². The van der Waals surface area contributed by atoms with Crippen LogP contribution in [0.15, 0.2) is 18.2 Å². The summed E-state index contributed by atoms with van der Waals surface area (Å²) in [6.45, 7) is -1.10. The Labute approximate surface area is 147 Å². The number of hydrogen-bond acceptors (Lipinski definition) is 1. The molecule has 18 heavy (non-hydrogen) atoms. The minimum absolute atomic E-state index is 0. The first kappa shape index (κ1) is 18.4. The average molecular weight is 288 g/mol. The normalized spacial score (nSPS) is 12.8. The van der Waals surface area contributed by atoms with Gasteiger partial charge >= 0.3 is 58.4 Å². The Balaban J connectivity index is 0.00000289. The molecule has 0 fully saturated rings. The van der Waals surface area contributed by atoms with E-state index in [9.17, 15) is 17.3 Å². The minimum atomic E-state index is -5.12. The summed E-state index contributed by atoms with van der Waals surface area (Å²) in [6.07, 6.45) is 0.824. The Bertz CT molecular complexity index is 384. The molecule has 0 N–H and O–H groups in total. The van der Waals surface area contributed by atoms with Gasteiger partial charge in [0.05, 0.1) is 6.61 Å². The first-order valence-electron chi connectivity index (χ1n) is 5.46. The molecule has 1 unspecified atom stereocenters. The fraction of sp³-hybridized carbons (Fsp3) is 0.455. The molecule has 1 aromatic rings. The second-order valence-electron chi connectivity index (χ2n) is 4.09. The summed E-state index contributed by atoms with van der Waals surface area (Å²) in [5.41, 5.74) is -0.842. The molecule has 0 heterocycles. The van der Waals surface area contributed by atoms with Crippen molar-refractivity contribution in [2.24, 2.45) is 5.92 Å². The molecule has 0 saturated heterocycles. The van der Waals surface area contributed by atoms with Gasteiger partial charge in [-0.15, -0.1) is 5.46 Å². The topological polar surface area (TPSA) is 9.23 Å². The van der Waals surface area contributed by atoms with E-state index < -0.39 is 18.3 Å². The summed E-state index contributed by atoms with van der Waals surface area (Å²) >= 11 is 0. The third-order valence-electron chi connectivity index (χ3n) is 2.55. The quantitative estimate of drug-likeness (QED) is 0.560. The first-order valence-corrected chi connectivity index (χ1v) is 5.46. The van der Waals surface area contributed by atoms with Crippen LogP contribution in [0.5, 0.6) is 5.75 Å². The zero-order valence-corrected chi connectivity index (χ0v) is 13.8. The van der Waals surface area contributed by atoms with Crippen LogP contribution in [0.1, 0.15) is 20.3 Å². The van der Waals surface area contributed by atoms with Crippen molar-refractivity contribution in [2.75, 3.05) is 6.61 Å². The molecule has 7 heteroatoms. The van der Waals surface area contributed by atoms with Gasteiger partial charge in [-0.2, -0.15) is 0 Å². The number of ether oxygens (including phenoxy) is 1. The van der Waals surface area contributed by atoms with Crippen LogP contribution in [-0.4, -0.2) is 13.6 Å². The average Bonchev–Trinajstić information content (AvgIpc) is 2.26. The fourth-order valence-corrected chi connectivity index (χ4v) is 1.18. The molecule has 1 rings (SSSR count). The van der Waals surface area contributed by atoms with Crippen LogP contribution < -0.4 is 61.6 Å². The maximum atomic E-state index is 13.2. The van der Waals surface area contributed by atoms with Crippen LogP contribution in [0.4, 0.5) is 17.3 Å². The predicted molar refractivity (Wildman–Crippen MR) is 60.1 cm³/mol. The Hall–Kier alpha value is 0.441. The van der Waals surface area contributed by atoms with Crippen LogP contribution in [0.25, 0.3) is 0 Å². The molecular formula is C11H14BF4KO. The van der Waals surface area contributed by atoms with Gasteiger partial charge in [0.1, 0.15) is 0 Å². The molecule has 0 aromatic heterocycles. The Morgan fingerprint density at radius 2 is 1.89 bits per heavy atom. The molecule has 0 amide bonds. The van der Waals surface area contributed by atoms with Crippen molar-refractivity contribution in [1.29, 1.82) is 0 Å². The van der Waals surface area contributed by atoms with E-state index in [1.165, 1.54) is 0 Å². The molecule has 96 valence electrons. The molecule has 0 saturated carbocycles. The summed E-state index contributed by atoms with van der Waals surface area (Å²) in [5, 5.41) is 0. The molecule has 1 atom stereocenters. The number of hydrogen-bond donors (Lipinski definition) is 0. The van der Waals surface area contributed by atoms with Crippen molar-refractivity contribution in [3.05, 3.63) is 24.0 Å². The minimum Gasteiger partial charge on any atom is -0.490 e. The third-order valence-corrected chi connectivity index (χ3v) is 2.55. The molecule has 0 aliphatic carbocycles. The molecule has 1 aromatic carbocycles. The zero-order chi connectivity index (χ0) is 13.1. The van der Waals surface area contributed by atoms with Gasteiger partial charge in [-0.25, -0.2) is 4.39 Å². The Morgan fingerprint density at radius 3 is 2.39 bits per heavy atom. The van der Waals surface area contributed by atoms with Gasteiger partial charge in [-0.1, -0.05) is 26.3 Å². The monoisotopic (exact) mass is 288 g/mol. The van der Waals surface area contributed by atoms with Gasteiger partial charge < -0.3 is 17.7 Å². The van der Waals surface area contributed by atoms with Gasteiger partial charge in [0, 0.05) is 0 Å². The molecule has 0 radical (unpaired) electrons. The van der Waals surface area contributed by atoms with E-state index in [1.54, 1.807) is 0 Å². The maximum absolute atomic E-state index is 13.2. The maximum Gasteiger partial charge on any atom is 1.00 e. The van der Waals surface area contributed by atoms with Crippen molar-refractivity contribution in [2.45, 2.75) is 20.3 Å². The van der Waals surface area contributed by atoms with E-state index in [2.05, 4.69) is 0 Å². The summed E-state index contributed by atoms with van der Waals surface area (Å²) in [4.78, 5) is 0. The van der Waals surface area contributed by atoms with E-state index in [4.69, 9.17) is 4.74 Å². The Kier molecular flexibility index (Phi) is 8.09. The van der Waals surface area contributed by atoms with Crippen molar-refractivity contribution < 1.29 is 73.5 Å². The van der Waals surface area contributed by atoms with E-state index in [-0.39, 0.29) is 69.7 Å². The number of halogens is 4. The zero-order valence-electron chi connectivity index (χ0n) is 10.7. The smallest absolute Gasteiger partial charge is 0.490 e. The van der Waals surface area contributed by atoms with Crippen LogP contribution in [0, 0.1) is 11.7 Å². The van der Waals surface area contributed by atoms with Crippen LogP contribution >= 0.6 is 0 Å². The van der Waals surface area contributed by atoms with Crippen molar-refractivity contribution in [3.63, 3.8) is 0 Å². The van der Waals surface area contributed by atoms with Crippen LogP contribution in [0.3, 0.4) is 0 Å². The molecule has 0 bridgehead atoms. The summed E-state index contributed by atoms with van der Waals surface area (Å²) < 4.78 is 55.6. The molecule has 0 aliphatic rings. The molecule has 1 nitrogen and oxygen atoms in total. The van der Waals surface area contributed by atoms with Gasteiger partial charge in [-0.3, -0.25) is 0 Å². The fourth-order valence-electron chi connectivity index (χ4n) is 1.18. The third kappa shape index (κ3) is 5.61. The van der Waals surface area contributed by atoms with E-state index in [0.717, 1.165) is 24.6 Å². The first-order chi connectivity index (χ1) is 7.84. The summed E-state index contributed by atoms with van der Waals surface area (Å²) in [5.74, 6) is -0.923. The SMILES string of the molecule is CCC(C)COc1cc([B-](F)(F)F)ccc1F.[K+]. The van der Waals surface area contributed by atoms with Crippen LogP contribution in [-0.2, 0) is 0 Å². The second-order valence-corrected chi connectivity index (χ2v) is 4.09. The van der Waals surface area contributed by atoms with E-state index in [0.29, 0.717) is 0 Å². The standard InChI is InChI=1S/C11H14BF4O.K/c1-3-8(2)7-17-11-6-9(12(14,15)16)4-5-10(11)13;/h4-6,8H,3,7H2,1-2H3;/q-1;+1. The van der Waals surface area contributed by atoms with Crippen molar-refractivity contribution >= 4 is 12.4 Å². The summed E-state index contributed by atoms with van der Waals surface area (Å²) in [7, 11) is 0. The predicted octanol–water partition coefficient (Wildman–Crippen LogP) is 0.309. The molecule has 0 spiro atoms. The van der Waals surface area contributed by atoms with Gasteiger partial charge in [-0.05, 0) is 18.1 Å². The van der Waals surface area contributed by atoms with Crippen molar-refractivity contribution in [1.82, 2.24) is 0 Å². The number of rotatable bonds is 5. The number of benzene rings is 1.